The summed E-state index contributed by atoms with van der Waals surface area (Å²) in [4.78, 5) is 24.6. The first-order valence-corrected chi connectivity index (χ1v) is 6.16. The lowest BCUT2D eigenvalue weighted by molar-refractivity contribution is -0.123. The van der Waals surface area contributed by atoms with E-state index in [1.807, 2.05) is 30.3 Å². The van der Waals surface area contributed by atoms with Crippen LogP contribution in [0.25, 0.3) is 0 Å². The second-order valence-corrected chi connectivity index (χ2v) is 4.36. The smallest absolute Gasteiger partial charge is 0.410 e. The zero-order valence-corrected chi connectivity index (χ0v) is 11.8. The molecule has 0 aliphatic carbocycles. The van der Waals surface area contributed by atoms with E-state index in [1.54, 1.807) is 0 Å². The van der Waals surface area contributed by atoms with Crippen LogP contribution in [0.2, 0.25) is 0 Å². The van der Waals surface area contributed by atoms with E-state index < -0.39 is 18.0 Å². The molecule has 1 aromatic carbocycles. The zero-order valence-electron chi connectivity index (χ0n) is 11.0. The van der Waals surface area contributed by atoms with Crippen LogP contribution in [0.1, 0.15) is 5.56 Å². The van der Waals surface area contributed by atoms with Gasteiger partial charge in [-0.25, -0.2) is 4.79 Å². The van der Waals surface area contributed by atoms with E-state index in [4.69, 9.17) is 10.5 Å². The third-order valence-electron chi connectivity index (χ3n) is 3.01. The number of halogens is 1. The van der Waals surface area contributed by atoms with Crippen molar-refractivity contribution < 1.29 is 14.3 Å². The number of nitrogens with one attached hydrogen (secondary N) is 1. The first-order chi connectivity index (χ1) is 9.18. The van der Waals surface area contributed by atoms with Crippen LogP contribution in [0.15, 0.2) is 30.3 Å². The Labute approximate surface area is 123 Å². The van der Waals surface area contributed by atoms with Gasteiger partial charge in [0.15, 0.2) is 0 Å². The average Bonchev–Trinajstić information content (AvgIpc) is 2.46. The third kappa shape index (κ3) is 4.11. The predicted molar refractivity (Wildman–Crippen MR) is 76.4 cm³/mol. The molecule has 0 bridgehead atoms. The summed E-state index contributed by atoms with van der Waals surface area (Å²) in [7, 11) is 0. The van der Waals surface area contributed by atoms with Crippen molar-refractivity contribution in [3.63, 3.8) is 0 Å². The average molecular weight is 300 g/mol. The number of primary amides is 1. The Morgan fingerprint density at radius 1 is 1.35 bits per heavy atom. The zero-order chi connectivity index (χ0) is 13.7. The lowest BCUT2D eigenvalue weighted by Crippen LogP contribution is -2.58. The number of carbonyl (C=O) groups excluding carboxylic acids is 2. The summed E-state index contributed by atoms with van der Waals surface area (Å²) in [5, 5.41) is 3.02. The molecule has 3 N–H and O–H groups in total. The van der Waals surface area contributed by atoms with Crippen molar-refractivity contribution in [3.8, 4) is 0 Å². The summed E-state index contributed by atoms with van der Waals surface area (Å²) in [6, 6.07) is 8.75. The fourth-order valence-electron chi connectivity index (χ4n) is 1.98. The molecule has 7 heteroatoms. The summed E-state index contributed by atoms with van der Waals surface area (Å²) >= 11 is 0. The highest BCUT2D eigenvalue weighted by atomic mass is 35.5. The Bertz CT molecular complexity index is 455. The first kappa shape index (κ1) is 16.3. The molecule has 1 heterocycles. The lowest BCUT2D eigenvalue weighted by atomic mass is 10.2. The van der Waals surface area contributed by atoms with Gasteiger partial charge < -0.3 is 15.8 Å². The highest BCUT2D eigenvalue weighted by Gasteiger charge is 2.31. The number of benzene rings is 1. The topological polar surface area (TPSA) is 84.7 Å². The van der Waals surface area contributed by atoms with Gasteiger partial charge in [0.05, 0.1) is 0 Å². The van der Waals surface area contributed by atoms with Gasteiger partial charge >= 0.3 is 6.09 Å². The molecule has 1 atom stereocenters. The van der Waals surface area contributed by atoms with Crippen molar-refractivity contribution in [2.24, 2.45) is 5.73 Å². The number of piperazine rings is 1. The van der Waals surface area contributed by atoms with Crippen molar-refractivity contribution in [1.29, 1.82) is 0 Å². The van der Waals surface area contributed by atoms with E-state index in [0.717, 1.165) is 5.56 Å². The van der Waals surface area contributed by atoms with Crippen LogP contribution in [0.4, 0.5) is 4.79 Å². The van der Waals surface area contributed by atoms with Crippen LogP contribution >= 0.6 is 12.4 Å². The van der Waals surface area contributed by atoms with Crippen LogP contribution in [0.5, 0.6) is 0 Å². The largest absolute Gasteiger partial charge is 0.445 e. The van der Waals surface area contributed by atoms with Gasteiger partial charge in [-0.15, -0.1) is 12.4 Å². The van der Waals surface area contributed by atoms with Gasteiger partial charge in [-0.05, 0) is 5.56 Å². The molecule has 110 valence electrons. The molecule has 1 aliphatic rings. The highest BCUT2D eigenvalue weighted by molar-refractivity contribution is 5.85. The van der Waals surface area contributed by atoms with Crippen LogP contribution in [0.3, 0.4) is 0 Å². The van der Waals surface area contributed by atoms with Crippen LogP contribution in [0, 0.1) is 0 Å². The maximum atomic E-state index is 12.0. The normalized spacial score (nSPS) is 18.0. The number of nitrogens with two attached hydrogens (primary N) is 1. The number of nitrogens with zero attached hydrogens (tertiary/aromatic N) is 1. The predicted octanol–water partition coefficient (Wildman–Crippen LogP) is 0.504. The molecule has 1 unspecified atom stereocenters. The van der Waals surface area contributed by atoms with Crippen LogP contribution < -0.4 is 11.1 Å². The van der Waals surface area contributed by atoms with E-state index in [9.17, 15) is 9.59 Å². The number of hydrogen-bond acceptors (Lipinski definition) is 4. The van der Waals surface area contributed by atoms with Crippen LogP contribution in [-0.2, 0) is 16.1 Å². The minimum absolute atomic E-state index is 0. The molecule has 0 spiro atoms. The SMILES string of the molecule is Cl.NC(=O)C1CNCCN1C(=O)OCc1ccccc1. The molecule has 0 saturated carbocycles. The Morgan fingerprint density at radius 2 is 2.05 bits per heavy atom. The van der Waals surface area contributed by atoms with E-state index in [0.29, 0.717) is 19.6 Å². The molecule has 0 radical (unpaired) electrons. The van der Waals surface area contributed by atoms with Crippen molar-refractivity contribution in [3.05, 3.63) is 35.9 Å². The van der Waals surface area contributed by atoms with Gasteiger partial charge in [-0.3, -0.25) is 9.69 Å². The van der Waals surface area contributed by atoms with E-state index >= 15 is 0 Å². The maximum absolute atomic E-state index is 12.0. The molecule has 0 aromatic heterocycles. The minimum atomic E-state index is -0.642. The standard InChI is InChI=1S/C13H17N3O3.ClH/c14-12(17)11-8-15-6-7-16(11)13(18)19-9-10-4-2-1-3-5-10;/h1-5,11,15H,6-9H2,(H2,14,17);1H. The van der Waals surface area contributed by atoms with Crippen molar-refractivity contribution in [2.75, 3.05) is 19.6 Å². The molecular formula is C13H18ClN3O3. The minimum Gasteiger partial charge on any atom is -0.445 e. The van der Waals surface area contributed by atoms with Gasteiger partial charge in [0.25, 0.3) is 0 Å². The summed E-state index contributed by atoms with van der Waals surface area (Å²) < 4.78 is 5.20. The number of hydrogen-bond donors (Lipinski definition) is 2. The maximum Gasteiger partial charge on any atom is 0.410 e. The summed E-state index contributed by atoms with van der Waals surface area (Å²) in [5.41, 5.74) is 6.18. The third-order valence-corrected chi connectivity index (χ3v) is 3.01. The Morgan fingerprint density at radius 3 is 2.70 bits per heavy atom. The van der Waals surface area contributed by atoms with Crippen molar-refractivity contribution in [2.45, 2.75) is 12.6 Å². The lowest BCUT2D eigenvalue weighted by Gasteiger charge is -2.33. The highest BCUT2D eigenvalue weighted by Crippen LogP contribution is 2.08. The second kappa shape index (κ2) is 7.72. The Hall–Kier alpha value is -1.79. The van der Waals surface area contributed by atoms with Gasteiger partial charge in [0.1, 0.15) is 12.6 Å². The monoisotopic (exact) mass is 299 g/mol. The molecule has 2 amide bonds. The molecule has 20 heavy (non-hydrogen) atoms. The van der Waals surface area contributed by atoms with Gasteiger partial charge in [0.2, 0.25) is 5.91 Å². The fraction of sp³-hybridized carbons (Fsp3) is 0.385. The van der Waals surface area contributed by atoms with E-state index in [1.165, 1.54) is 4.90 Å². The number of amides is 2. The number of rotatable bonds is 3. The first-order valence-electron chi connectivity index (χ1n) is 6.16. The molecule has 1 fully saturated rings. The fourth-order valence-corrected chi connectivity index (χ4v) is 1.98. The van der Waals surface area contributed by atoms with Gasteiger partial charge in [0, 0.05) is 19.6 Å². The van der Waals surface area contributed by atoms with Gasteiger partial charge in [-0.2, -0.15) is 0 Å². The number of ether oxygens (including phenoxy) is 1. The van der Waals surface area contributed by atoms with Crippen LogP contribution in [-0.4, -0.2) is 42.6 Å². The van der Waals surface area contributed by atoms with Crippen molar-refractivity contribution in [1.82, 2.24) is 10.2 Å². The second-order valence-electron chi connectivity index (χ2n) is 4.36. The number of carbonyl (C=O) groups is 2. The quantitative estimate of drug-likeness (QED) is 0.851. The molecule has 1 aromatic rings. The summed E-state index contributed by atoms with van der Waals surface area (Å²) in [6.07, 6.45) is -0.505. The van der Waals surface area contributed by atoms with Crippen molar-refractivity contribution >= 4 is 24.4 Å². The Balaban J connectivity index is 0.00000200. The molecule has 1 saturated heterocycles. The molecule has 6 nitrogen and oxygen atoms in total. The summed E-state index contributed by atoms with van der Waals surface area (Å²) in [6.45, 7) is 1.61. The molecule has 1 aliphatic heterocycles. The van der Waals surface area contributed by atoms with E-state index in [-0.39, 0.29) is 19.0 Å². The van der Waals surface area contributed by atoms with Gasteiger partial charge in [-0.1, -0.05) is 30.3 Å². The molecular weight excluding hydrogens is 282 g/mol. The molecule has 2 rings (SSSR count). The van der Waals surface area contributed by atoms with E-state index in [2.05, 4.69) is 5.32 Å². The summed E-state index contributed by atoms with van der Waals surface area (Å²) in [5.74, 6) is -0.524. The Kier molecular flexibility index (Phi) is 6.27.